The minimum atomic E-state index is -3.45. The molecule has 0 fully saturated rings. The fourth-order valence-corrected chi connectivity index (χ4v) is 3.77. The molecule has 26 heavy (non-hydrogen) atoms. The lowest BCUT2D eigenvalue weighted by atomic mass is 10.2. The van der Waals surface area contributed by atoms with Crippen LogP contribution in [0.1, 0.15) is 17.5 Å². The molecule has 0 aliphatic heterocycles. The smallest absolute Gasteiger partial charge is 0.223 e. The summed E-state index contributed by atoms with van der Waals surface area (Å²) in [5, 5.41) is 0. The van der Waals surface area contributed by atoms with E-state index in [4.69, 9.17) is 0 Å². The second-order valence-corrected chi connectivity index (χ2v) is 8.80. The Morgan fingerprint density at radius 1 is 0.923 bits per heavy atom. The average Bonchev–Trinajstić information content (AvgIpc) is 2.60. The molecule has 0 aliphatic rings. The van der Waals surface area contributed by atoms with Crippen molar-refractivity contribution in [1.82, 2.24) is 4.90 Å². The highest BCUT2D eigenvalue weighted by Gasteiger charge is 2.18. The molecule has 2 aromatic carbocycles. The molecule has 6 heteroatoms. The van der Waals surface area contributed by atoms with E-state index in [1.54, 1.807) is 36.2 Å². The van der Waals surface area contributed by atoms with Crippen LogP contribution in [0.25, 0.3) is 0 Å². The van der Waals surface area contributed by atoms with Crippen LogP contribution in [0.4, 0.5) is 5.69 Å². The fraction of sp³-hybridized carbons (Fsp3) is 0.350. The number of sulfone groups is 1. The van der Waals surface area contributed by atoms with Crippen molar-refractivity contribution in [3.63, 3.8) is 0 Å². The molecule has 140 valence electrons. The molecule has 0 aliphatic carbocycles. The van der Waals surface area contributed by atoms with Crippen LogP contribution in [0.5, 0.6) is 0 Å². The molecule has 2 aromatic rings. The third-order valence-corrected chi connectivity index (χ3v) is 5.99. The lowest BCUT2D eigenvalue weighted by Gasteiger charge is -2.18. The van der Waals surface area contributed by atoms with Gasteiger partial charge in [-0.3, -0.25) is 4.79 Å². The summed E-state index contributed by atoms with van der Waals surface area (Å²) < 4.78 is 24.7. The van der Waals surface area contributed by atoms with Crippen LogP contribution >= 0.6 is 0 Å². The van der Waals surface area contributed by atoms with Crippen molar-refractivity contribution in [1.29, 1.82) is 0 Å². The number of benzene rings is 2. The zero-order chi connectivity index (χ0) is 19.3. The Morgan fingerprint density at radius 3 is 2.04 bits per heavy atom. The Kier molecular flexibility index (Phi) is 6.42. The zero-order valence-corrected chi connectivity index (χ0v) is 16.6. The van der Waals surface area contributed by atoms with Crippen LogP contribution < -0.4 is 4.90 Å². The van der Waals surface area contributed by atoms with Gasteiger partial charge in [-0.2, -0.15) is 0 Å². The first kappa shape index (κ1) is 20.0. The normalized spacial score (nSPS) is 11.2. The SMILES string of the molecule is Cc1ccc(S(=O)(=O)CCC(=O)N(C)Cc2ccc(N(C)C)cc2)cc1. The number of nitrogens with zero attached hydrogens (tertiary/aromatic N) is 2. The summed E-state index contributed by atoms with van der Waals surface area (Å²) in [5.41, 5.74) is 3.10. The van der Waals surface area contributed by atoms with Gasteiger partial charge in [-0.15, -0.1) is 0 Å². The van der Waals surface area contributed by atoms with E-state index >= 15 is 0 Å². The van der Waals surface area contributed by atoms with Gasteiger partial charge in [0, 0.05) is 39.8 Å². The highest BCUT2D eigenvalue weighted by Crippen LogP contribution is 2.15. The topological polar surface area (TPSA) is 57.7 Å². The molecular weight excluding hydrogens is 348 g/mol. The number of carbonyl (C=O) groups excluding carboxylic acids is 1. The average molecular weight is 375 g/mol. The van der Waals surface area contributed by atoms with E-state index in [0.717, 1.165) is 16.8 Å². The molecule has 0 atom stereocenters. The molecule has 1 amide bonds. The molecule has 0 saturated carbocycles. The van der Waals surface area contributed by atoms with Gasteiger partial charge in [-0.1, -0.05) is 29.8 Å². The van der Waals surface area contributed by atoms with Gasteiger partial charge in [0.2, 0.25) is 5.91 Å². The monoisotopic (exact) mass is 374 g/mol. The van der Waals surface area contributed by atoms with Gasteiger partial charge in [0.1, 0.15) is 0 Å². The standard InChI is InChI=1S/C20H26N2O3S/c1-16-5-11-19(12-6-16)26(24,25)14-13-20(23)22(4)15-17-7-9-18(10-8-17)21(2)3/h5-12H,13-15H2,1-4H3. The first-order valence-corrected chi connectivity index (χ1v) is 10.1. The summed E-state index contributed by atoms with van der Waals surface area (Å²) in [4.78, 5) is 16.1. The molecule has 2 rings (SSSR count). The molecule has 5 nitrogen and oxygen atoms in total. The molecule has 0 spiro atoms. The minimum absolute atomic E-state index is 0.0253. The van der Waals surface area contributed by atoms with Crippen LogP contribution in [0.15, 0.2) is 53.4 Å². The molecule has 0 heterocycles. The number of carbonyl (C=O) groups is 1. The number of hydrogen-bond acceptors (Lipinski definition) is 4. The van der Waals surface area contributed by atoms with Crippen molar-refractivity contribution in [3.8, 4) is 0 Å². The first-order valence-electron chi connectivity index (χ1n) is 8.49. The predicted molar refractivity (Wildman–Crippen MR) is 105 cm³/mol. The van der Waals surface area contributed by atoms with Crippen LogP contribution in [0.2, 0.25) is 0 Å². The quantitative estimate of drug-likeness (QED) is 0.748. The molecule has 0 N–H and O–H groups in total. The second kappa shape index (κ2) is 8.36. The van der Waals surface area contributed by atoms with Crippen molar-refractivity contribution in [2.45, 2.75) is 24.8 Å². The Morgan fingerprint density at radius 2 is 1.50 bits per heavy atom. The summed E-state index contributed by atoms with van der Waals surface area (Å²) >= 11 is 0. The van der Waals surface area contributed by atoms with Gasteiger partial charge >= 0.3 is 0 Å². The van der Waals surface area contributed by atoms with Crippen LogP contribution in [-0.2, 0) is 21.2 Å². The van der Waals surface area contributed by atoms with E-state index in [9.17, 15) is 13.2 Å². The zero-order valence-electron chi connectivity index (χ0n) is 15.8. The minimum Gasteiger partial charge on any atom is -0.378 e. The Balaban J connectivity index is 1.93. The van der Waals surface area contributed by atoms with Gasteiger partial charge in [0.25, 0.3) is 0 Å². The summed E-state index contributed by atoms with van der Waals surface area (Å²) in [6.45, 7) is 2.36. The maximum atomic E-state index is 12.4. The number of amides is 1. The number of rotatable bonds is 7. The van der Waals surface area contributed by atoms with E-state index in [-0.39, 0.29) is 23.0 Å². The highest BCUT2D eigenvalue weighted by molar-refractivity contribution is 7.91. The van der Waals surface area contributed by atoms with Crippen LogP contribution in [0, 0.1) is 6.92 Å². The second-order valence-electron chi connectivity index (χ2n) is 6.69. The van der Waals surface area contributed by atoms with E-state index in [1.165, 1.54) is 0 Å². The van der Waals surface area contributed by atoms with E-state index in [0.29, 0.717) is 6.54 Å². The first-order chi connectivity index (χ1) is 12.2. The van der Waals surface area contributed by atoms with Gasteiger partial charge in [0.05, 0.1) is 10.6 Å². The number of hydrogen-bond donors (Lipinski definition) is 0. The summed E-state index contributed by atoms with van der Waals surface area (Å²) in [6.07, 6.45) is -0.0253. The van der Waals surface area contributed by atoms with Crippen LogP contribution in [-0.4, -0.2) is 46.1 Å². The largest absolute Gasteiger partial charge is 0.378 e. The molecule has 0 aromatic heterocycles. The van der Waals surface area contributed by atoms with Crippen molar-refractivity contribution in [2.75, 3.05) is 31.8 Å². The van der Waals surface area contributed by atoms with Crippen molar-refractivity contribution >= 4 is 21.4 Å². The maximum Gasteiger partial charge on any atom is 0.223 e. The Labute approximate surface area is 156 Å². The maximum absolute atomic E-state index is 12.4. The van der Waals surface area contributed by atoms with Gasteiger partial charge < -0.3 is 9.80 Å². The predicted octanol–water partition coefficient (Wildman–Crippen LogP) is 2.88. The lowest BCUT2D eigenvalue weighted by molar-refractivity contribution is -0.130. The third-order valence-electron chi connectivity index (χ3n) is 4.26. The molecule has 0 saturated heterocycles. The van der Waals surface area contributed by atoms with Crippen molar-refractivity contribution in [2.24, 2.45) is 0 Å². The number of aryl methyl sites for hydroxylation is 1. The van der Waals surface area contributed by atoms with E-state index < -0.39 is 9.84 Å². The summed E-state index contributed by atoms with van der Waals surface area (Å²) in [5.74, 6) is -0.365. The molecule has 0 unspecified atom stereocenters. The molecule has 0 bridgehead atoms. The number of anilines is 1. The van der Waals surface area contributed by atoms with Crippen molar-refractivity contribution in [3.05, 3.63) is 59.7 Å². The highest BCUT2D eigenvalue weighted by atomic mass is 32.2. The molecular formula is C20H26N2O3S. The lowest BCUT2D eigenvalue weighted by Crippen LogP contribution is -2.28. The Hall–Kier alpha value is -2.34. The van der Waals surface area contributed by atoms with Crippen molar-refractivity contribution < 1.29 is 13.2 Å². The van der Waals surface area contributed by atoms with Gasteiger partial charge in [0.15, 0.2) is 9.84 Å². The fourth-order valence-electron chi connectivity index (χ4n) is 2.54. The van der Waals surface area contributed by atoms with Crippen LogP contribution in [0.3, 0.4) is 0 Å². The molecule has 0 radical (unpaired) electrons. The van der Waals surface area contributed by atoms with Gasteiger partial charge in [-0.25, -0.2) is 8.42 Å². The van der Waals surface area contributed by atoms with Gasteiger partial charge in [-0.05, 0) is 36.8 Å². The van der Waals surface area contributed by atoms with E-state index in [1.807, 2.05) is 50.2 Å². The Bertz CT molecular complexity index is 842. The third kappa shape index (κ3) is 5.33. The van der Waals surface area contributed by atoms with E-state index in [2.05, 4.69) is 0 Å². The summed E-state index contributed by atoms with van der Waals surface area (Å²) in [6, 6.07) is 14.6. The summed E-state index contributed by atoms with van der Waals surface area (Å²) in [7, 11) is 2.19.